The Morgan fingerprint density at radius 3 is 2.27 bits per heavy atom. The van der Waals surface area contributed by atoms with E-state index in [0.717, 1.165) is 31.0 Å². The van der Waals surface area contributed by atoms with Crippen LogP contribution in [-0.2, 0) is 10.0 Å². The Kier molecular flexibility index (Phi) is 6.96. The maximum Gasteiger partial charge on any atom is 0.256 e. The van der Waals surface area contributed by atoms with Gasteiger partial charge in [-0.1, -0.05) is 20.8 Å². The fraction of sp³-hybridized carbons (Fsp3) is 0.533. The number of amides is 1. The van der Waals surface area contributed by atoms with Crippen LogP contribution in [0.3, 0.4) is 0 Å². The van der Waals surface area contributed by atoms with Crippen LogP contribution in [0.2, 0.25) is 0 Å². The van der Waals surface area contributed by atoms with Gasteiger partial charge in [0.05, 0.1) is 10.5 Å². The predicted molar refractivity (Wildman–Crippen MR) is 83.7 cm³/mol. The highest BCUT2D eigenvalue weighted by molar-refractivity contribution is 7.89. The summed E-state index contributed by atoms with van der Waals surface area (Å²) in [6, 6.07) is 3.29. The summed E-state index contributed by atoms with van der Waals surface area (Å²) in [5.41, 5.74) is -0.208. The van der Waals surface area contributed by atoms with Gasteiger partial charge in [0.15, 0.2) is 0 Å². The van der Waals surface area contributed by atoms with Crippen molar-refractivity contribution in [3.63, 3.8) is 0 Å². The summed E-state index contributed by atoms with van der Waals surface area (Å²) in [5, 5.41) is 0. The van der Waals surface area contributed by atoms with Crippen LogP contribution in [-0.4, -0.2) is 38.9 Å². The lowest BCUT2D eigenvalue weighted by Crippen LogP contribution is -2.33. The summed E-state index contributed by atoms with van der Waals surface area (Å²) in [5.74, 6) is -1.19. The molecule has 1 N–H and O–H groups in total. The minimum atomic E-state index is -3.72. The van der Waals surface area contributed by atoms with Gasteiger partial charge >= 0.3 is 0 Å². The van der Waals surface area contributed by atoms with Crippen LogP contribution < -0.4 is 4.72 Å². The molecule has 0 saturated heterocycles. The van der Waals surface area contributed by atoms with Gasteiger partial charge in [0, 0.05) is 19.6 Å². The van der Waals surface area contributed by atoms with Gasteiger partial charge in [0.2, 0.25) is 10.0 Å². The van der Waals surface area contributed by atoms with Crippen molar-refractivity contribution < 1.29 is 17.6 Å². The molecule has 0 saturated carbocycles. The molecule has 1 aromatic carbocycles. The van der Waals surface area contributed by atoms with Gasteiger partial charge in [-0.3, -0.25) is 4.79 Å². The number of carbonyl (C=O) groups is 1. The van der Waals surface area contributed by atoms with Crippen LogP contribution in [0.4, 0.5) is 4.39 Å². The second-order valence-electron chi connectivity index (χ2n) is 4.94. The molecule has 0 spiro atoms. The van der Waals surface area contributed by atoms with Crippen LogP contribution in [0, 0.1) is 5.82 Å². The third-order valence-corrected chi connectivity index (χ3v) is 4.63. The van der Waals surface area contributed by atoms with Crippen molar-refractivity contribution in [2.24, 2.45) is 0 Å². The topological polar surface area (TPSA) is 66.5 Å². The molecule has 5 nitrogen and oxygen atoms in total. The van der Waals surface area contributed by atoms with E-state index in [4.69, 9.17) is 0 Å². The molecule has 0 aliphatic carbocycles. The Morgan fingerprint density at radius 1 is 1.18 bits per heavy atom. The van der Waals surface area contributed by atoms with Crippen molar-refractivity contribution in [1.29, 1.82) is 0 Å². The SMILES string of the molecule is CCCN(CCC)C(=O)c1cc(S(=O)(=O)NCC)ccc1F. The van der Waals surface area contributed by atoms with Crippen LogP contribution in [0.25, 0.3) is 0 Å². The number of benzene rings is 1. The highest BCUT2D eigenvalue weighted by atomic mass is 32.2. The van der Waals surface area contributed by atoms with Gasteiger partial charge in [-0.2, -0.15) is 0 Å². The normalized spacial score (nSPS) is 11.5. The van der Waals surface area contributed by atoms with E-state index in [2.05, 4.69) is 4.72 Å². The number of sulfonamides is 1. The van der Waals surface area contributed by atoms with Crippen molar-refractivity contribution >= 4 is 15.9 Å². The molecule has 1 rings (SSSR count). The Bertz CT molecular complexity index is 611. The zero-order valence-corrected chi connectivity index (χ0v) is 14.0. The minimum absolute atomic E-state index is 0.105. The lowest BCUT2D eigenvalue weighted by molar-refractivity contribution is 0.0750. The molecular formula is C15H23FN2O3S. The lowest BCUT2D eigenvalue weighted by Gasteiger charge is -2.22. The molecule has 0 fully saturated rings. The van der Waals surface area contributed by atoms with Gasteiger partial charge in [-0.05, 0) is 31.0 Å². The van der Waals surface area contributed by atoms with Gasteiger partial charge in [-0.15, -0.1) is 0 Å². The number of nitrogens with one attached hydrogen (secondary N) is 1. The zero-order valence-electron chi connectivity index (χ0n) is 13.2. The van der Waals surface area contributed by atoms with E-state index in [-0.39, 0.29) is 17.0 Å². The molecule has 0 bridgehead atoms. The molecule has 124 valence electrons. The number of hydrogen-bond donors (Lipinski definition) is 1. The summed E-state index contributed by atoms with van der Waals surface area (Å²) in [6.45, 7) is 6.75. The first kappa shape index (κ1) is 18.6. The Morgan fingerprint density at radius 2 is 1.77 bits per heavy atom. The number of rotatable bonds is 8. The molecule has 0 radical (unpaired) electrons. The van der Waals surface area contributed by atoms with E-state index in [9.17, 15) is 17.6 Å². The number of carbonyl (C=O) groups excluding carboxylic acids is 1. The largest absolute Gasteiger partial charge is 0.339 e. The van der Waals surface area contributed by atoms with Gasteiger partial charge in [0.1, 0.15) is 5.82 Å². The summed E-state index contributed by atoms with van der Waals surface area (Å²) >= 11 is 0. The van der Waals surface area contributed by atoms with Crippen LogP contribution >= 0.6 is 0 Å². The number of hydrogen-bond acceptors (Lipinski definition) is 3. The van der Waals surface area contributed by atoms with E-state index >= 15 is 0 Å². The monoisotopic (exact) mass is 330 g/mol. The number of halogens is 1. The van der Waals surface area contributed by atoms with E-state index in [0.29, 0.717) is 13.1 Å². The molecule has 0 aliphatic rings. The van der Waals surface area contributed by atoms with E-state index in [1.165, 1.54) is 0 Å². The molecule has 0 aliphatic heterocycles. The molecule has 0 heterocycles. The molecule has 0 aromatic heterocycles. The third-order valence-electron chi connectivity index (χ3n) is 3.09. The van der Waals surface area contributed by atoms with E-state index in [1.807, 2.05) is 13.8 Å². The fourth-order valence-corrected chi connectivity index (χ4v) is 3.20. The average molecular weight is 330 g/mol. The van der Waals surface area contributed by atoms with Crippen molar-refractivity contribution in [3.8, 4) is 0 Å². The molecular weight excluding hydrogens is 307 g/mol. The minimum Gasteiger partial charge on any atom is -0.339 e. The summed E-state index contributed by atoms with van der Waals surface area (Å²) < 4.78 is 40.3. The Balaban J connectivity index is 3.21. The average Bonchev–Trinajstić information content (AvgIpc) is 2.46. The second kappa shape index (κ2) is 8.24. The molecule has 7 heteroatoms. The first-order valence-electron chi connectivity index (χ1n) is 7.45. The zero-order chi connectivity index (χ0) is 16.8. The van der Waals surface area contributed by atoms with E-state index in [1.54, 1.807) is 11.8 Å². The summed E-state index contributed by atoms with van der Waals surface area (Å²) in [6.07, 6.45) is 1.51. The van der Waals surface area contributed by atoms with Gasteiger partial charge in [-0.25, -0.2) is 17.5 Å². The quantitative estimate of drug-likeness (QED) is 0.796. The molecule has 0 atom stereocenters. The molecule has 22 heavy (non-hydrogen) atoms. The molecule has 0 unspecified atom stereocenters. The smallest absolute Gasteiger partial charge is 0.256 e. The van der Waals surface area contributed by atoms with Crippen LogP contribution in [0.5, 0.6) is 0 Å². The van der Waals surface area contributed by atoms with Crippen molar-refractivity contribution in [1.82, 2.24) is 9.62 Å². The van der Waals surface area contributed by atoms with Crippen molar-refractivity contribution in [3.05, 3.63) is 29.6 Å². The molecule has 1 amide bonds. The number of nitrogens with zero attached hydrogens (tertiary/aromatic N) is 1. The third kappa shape index (κ3) is 4.51. The lowest BCUT2D eigenvalue weighted by atomic mass is 10.1. The fourth-order valence-electron chi connectivity index (χ4n) is 2.13. The van der Waals surface area contributed by atoms with Crippen molar-refractivity contribution in [2.45, 2.75) is 38.5 Å². The standard InChI is InChI=1S/C15H23FN2O3S/c1-4-9-18(10-5-2)15(19)13-11-12(7-8-14(13)16)22(20,21)17-6-3/h7-8,11,17H,4-6,9-10H2,1-3H3. The highest BCUT2D eigenvalue weighted by Crippen LogP contribution is 2.17. The first-order chi connectivity index (χ1) is 10.4. The maximum absolute atomic E-state index is 14.0. The predicted octanol–water partition coefficient (Wildman–Crippen LogP) is 2.39. The molecule has 1 aromatic rings. The maximum atomic E-state index is 14.0. The summed E-state index contributed by atoms with van der Waals surface area (Å²) in [4.78, 5) is 13.9. The Hall–Kier alpha value is -1.47. The van der Waals surface area contributed by atoms with Crippen LogP contribution in [0.15, 0.2) is 23.1 Å². The highest BCUT2D eigenvalue weighted by Gasteiger charge is 2.22. The van der Waals surface area contributed by atoms with Gasteiger partial charge < -0.3 is 4.90 Å². The second-order valence-corrected chi connectivity index (χ2v) is 6.70. The van der Waals surface area contributed by atoms with Crippen molar-refractivity contribution in [2.75, 3.05) is 19.6 Å². The Labute approximate surface area is 131 Å². The first-order valence-corrected chi connectivity index (χ1v) is 8.94. The van der Waals surface area contributed by atoms with Crippen LogP contribution in [0.1, 0.15) is 44.0 Å². The van der Waals surface area contributed by atoms with E-state index < -0.39 is 21.7 Å². The van der Waals surface area contributed by atoms with Gasteiger partial charge in [0.25, 0.3) is 5.91 Å². The summed E-state index contributed by atoms with van der Waals surface area (Å²) in [7, 11) is -3.72.